The van der Waals surface area contributed by atoms with Crippen LogP contribution in [0.15, 0.2) is 24.3 Å². The highest BCUT2D eigenvalue weighted by Gasteiger charge is 2.13. The van der Waals surface area contributed by atoms with Crippen LogP contribution >= 0.6 is 0 Å². The quantitative estimate of drug-likeness (QED) is 0.814. The maximum Gasteiger partial charge on any atom is 0.328 e. The Kier molecular flexibility index (Phi) is 5.96. The fraction of sp³-hybridized carbons (Fsp3) is 0.375. The van der Waals surface area contributed by atoms with E-state index in [1.807, 2.05) is 36.9 Å². The number of carboxylic acids is 1. The van der Waals surface area contributed by atoms with Crippen LogP contribution in [-0.2, 0) is 9.59 Å². The van der Waals surface area contributed by atoms with E-state index in [4.69, 9.17) is 5.11 Å². The Morgan fingerprint density at radius 1 is 1.29 bits per heavy atom. The second-order valence-corrected chi connectivity index (χ2v) is 5.02. The lowest BCUT2D eigenvalue weighted by Gasteiger charge is -2.26. The molecule has 5 nitrogen and oxygen atoms in total. The zero-order valence-corrected chi connectivity index (χ0v) is 13.0. The molecule has 0 saturated carbocycles. The number of benzene rings is 1. The Hall–Kier alpha value is -2.30. The van der Waals surface area contributed by atoms with E-state index in [0.29, 0.717) is 6.54 Å². The van der Waals surface area contributed by atoms with Gasteiger partial charge in [0.15, 0.2) is 0 Å². The molecule has 0 unspecified atom stereocenters. The van der Waals surface area contributed by atoms with Gasteiger partial charge < -0.3 is 14.9 Å². The molecule has 0 spiro atoms. The molecule has 1 aromatic carbocycles. The summed E-state index contributed by atoms with van der Waals surface area (Å²) in [5.74, 6) is -0.922. The lowest BCUT2D eigenvalue weighted by atomic mass is 10.1. The summed E-state index contributed by atoms with van der Waals surface area (Å²) in [6, 6.07) is 5.69. The first-order valence-electron chi connectivity index (χ1n) is 6.82. The molecular weight excluding hydrogens is 268 g/mol. The van der Waals surface area contributed by atoms with Crippen molar-refractivity contribution in [3.05, 3.63) is 35.4 Å². The number of nitrogens with zero attached hydrogens (tertiary/aromatic N) is 2. The van der Waals surface area contributed by atoms with Crippen LogP contribution in [0.4, 0.5) is 5.69 Å². The van der Waals surface area contributed by atoms with Gasteiger partial charge in [0.1, 0.15) is 0 Å². The highest BCUT2D eigenvalue weighted by molar-refractivity contribution is 5.85. The molecule has 1 amide bonds. The van der Waals surface area contributed by atoms with Gasteiger partial charge in [-0.2, -0.15) is 0 Å². The minimum Gasteiger partial charge on any atom is -0.478 e. The smallest absolute Gasteiger partial charge is 0.328 e. The van der Waals surface area contributed by atoms with Gasteiger partial charge in [0.25, 0.3) is 0 Å². The highest BCUT2D eigenvalue weighted by Crippen LogP contribution is 2.22. The zero-order chi connectivity index (χ0) is 16.0. The number of carbonyl (C=O) groups excluding carboxylic acids is 1. The molecule has 114 valence electrons. The van der Waals surface area contributed by atoms with Crippen LogP contribution in [0, 0.1) is 6.92 Å². The van der Waals surface area contributed by atoms with E-state index in [-0.39, 0.29) is 5.91 Å². The number of anilines is 1. The van der Waals surface area contributed by atoms with Crippen molar-refractivity contribution in [2.45, 2.75) is 13.8 Å². The highest BCUT2D eigenvalue weighted by atomic mass is 16.4. The summed E-state index contributed by atoms with van der Waals surface area (Å²) in [6.07, 6.45) is 2.67. The summed E-state index contributed by atoms with van der Waals surface area (Å²) in [4.78, 5) is 25.9. The van der Waals surface area contributed by atoms with E-state index in [1.54, 1.807) is 25.1 Å². The fourth-order valence-corrected chi connectivity index (χ4v) is 1.98. The molecule has 0 aliphatic carbocycles. The first kappa shape index (κ1) is 16.8. The molecule has 0 fully saturated rings. The van der Waals surface area contributed by atoms with E-state index < -0.39 is 5.97 Å². The number of carbonyl (C=O) groups is 2. The summed E-state index contributed by atoms with van der Waals surface area (Å²) in [5, 5.41) is 8.64. The van der Waals surface area contributed by atoms with Crippen molar-refractivity contribution >= 4 is 23.6 Å². The van der Waals surface area contributed by atoms with E-state index in [1.165, 1.54) is 0 Å². The van der Waals surface area contributed by atoms with Crippen molar-refractivity contribution < 1.29 is 14.7 Å². The molecule has 1 N–H and O–H groups in total. The largest absolute Gasteiger partial charge is 0.478 e. The van der Waals surface area contributed by atoms with Gasteiger partial charge >= 0.3 is 5.97 Å². The average molecular weight is 290 g/mol. The van der Waals surface area contributed by atoms with Crippen molar-refractivity contribution in [2.75, 3.05) is 32.1 Å². The van der Waals surface area contributed by atoms with E-state index in [0.717, 1.165) is 29.4 Å². The lowest BCUT2D eigenvalue weighted by molar-refractivity contribution is -0.131. The van der Waals surface area contributed by atoms with Gasteiger partial charge in [0, 0.05) is 32.4 Å². The summed E-state index contributed by atoms with van der Waals surface area (Å²) in [7, 11) is 3.48. The zero-order valence-electron chi connectivity index (χ0n) is 13.0. The Bertz CT molecular complexity index is 550. The molecule has 0 bridgehead atoms. The Morgan fingerprint density at radius 2 is 1.95 bits per heavy atom. The van der Waals surface area contributed by atoms with Crippen LogP contribution in [0.25, 0.3) is 6.08 Å². The molecule has 1 aromatic rings. The molecule has 5 heteroatoms. The van der Waals surface area contributed by atoms with Gasteiger partial charge in [-0.15, -0.1) is 0 Å². The lowest BCUT2D eigenvalue weighted by Crippen LogP contribution is -2.36. The first-order chi connectivity index (χ1) is 9.85. The topological polar surface area (TPSA) is 60.9 Å². The minimum atomic E-state index is -0.969. The Morgan fingerprint density at radius 3 is 2.43 bits per heavy atom. The number of hydrogen-bond acceptors (Lipinski definition) is 3. The molecule has 1 rings (SSSR count). The van der Waals surface area contributed by atoms with Crippen LogP contribution < -0.4 is 4.90 Å². The first-order valence-corrected chi connectivity index (χ1v) is 6.82. The third kappa shape index (κ3) is 4.95. The molecule has 0 aliphatic rings. The number of hydrogen-bond donors (Lipinski definition) is 1. The Labute approximate surface area is 125 Å². The van der Waals surface area contributed by atoms with Crippen LogP contribution in [0.3, 0.4) is 0 Å². The summed E-state index contributed by atoms with van der Waals surface area (Å²) < 4.78 is 0. The van der Waals surface area contributed by atoms with Crippen LogP contribution in [0.2, 0.25) is 0 Å². The normalized spacial score (nSPS) is 10.7. The van der Waals surface area contributed by atoms with Crippen LogP contribution in [0.1, 0.15) is 18.1 Å². The van der Waals surface area contributed by atoms with Gasteiger partial charge in [-0.3, -0.25) is 4.79 Å². The molecule has 21 heavy (non-hydrogen) atoms. The molecule has 0 heterocycles. The summed E-state index contributed by atoms with van der Waals surface area (Å²) in [5.41, 5.74) is 2.82. The van der Waals surface area contributed by atoms with E-state index in [2.05, 4.69) is 0 Å². The number of amides is 1. The maximum absolute atomic E-state index is 11.8. The van der Waals surface area contributed by atoms with Crippen LogP contribution in [-0.4, -0.2) is 49.1 Å². The minimum absolute atomic E-state index is 0.0473. The maximum atomic E-state index is 11.8. The number of likely N-dealkylation sites (N-methyl/N-ethyl adjacent to an activating group) is 2. The van der Waals surface area contributed by atoms with Crippen molar-refractivity contribution in [1.82, 2.24) is 4.90 Å². The molecule has 0 aliphatic heterocycles. The molecule has 0 aromatic heterocycles. The standard InChI is InChI=1S/C16H22N2O3/c1-5-18(11-15(19)17(3)4)14-8-6-13(10-12(14)2)7-9-16(20)21/h6-10H,5,11H2,1-4H3,(H,20,21). The predicted molar refractivity (Wildman–Crippen MR) is 84.4 cm³/mol. The number of aliphatic carboxylic acids is 1. The van der Waals surface area contributed by atoms with Crippen molar-refractivity contribution in [3.63, 3.8) is 0 Å². The average Bonchev–Trinajstić information content (AvgIpc) is 2.42. The second kappa shape index (κ2) is 7.47. The van der Waals surface area contributed by atoms with Gasteiger partial charge in [-0.05, 0) is 43.2 Å². The molecule has 0 radical (unpaired) electrons. The second-order valence-electron chi connectivity index (χ2n) is 5.02. The third-order valence-corrected chi connectivity index (χ3v) is 3.19. The van der Waals surface area contributed by atoms with E-state index in [9.17, 15) is 9.59 Å². The summed E-state index contributed by atoms with van der Waals surface area (Å²) >= 11 is 0. The molecular formula is C16H22N2O3. The van der Waals surface area contributed by atoms with Crippen LogP contribution in [0.5, 0.6) is 0 Å². The van der Waals surface area contributed by atoms with Crippen molar-refractivity contribution in [3.8, 4) is 0 Å². The van der Waals surface area contributed by atoms with Gasteiger partial charge in [0.2, 0.25) is 5.91 Å². The third-order valence-electron chi connectivity index (χ3n) is 3.19. The van der Waals surface area contributed by atoms with Gasteiger partial charge in [-0.25, -0.2) is 4.79 Å². The predicted octanol–water partition coefficient (Wildman–Crippen LogP) is 2.01. The molecule has 0 atom stereocenters. The monoisotopic (exact) mass is 290 g/mol. The molecule has 0 saturated heterocycles. The van der Waals surface area contributed by atoms with Gasteiger partial charge in [-0.1, -0.05) is 6.07 Å². The summed E-state index contributed by atoms with van der Waals surface area (Å²) in [6.45, 7) is 5.01. The fourth-order valence-electron chi connectivity index (χ4n) is 1.98. The SMILES string of the molecule is CCN(CC(=O)N(C)C)c1ccc(C=CC(=O)O)cc1C. The number of aryl methyl sites for hydroxylation is 1. The van der Waals surface area contributed by atoms with Crippen molar-refractivity contribution in [1.29, 1.82) is 0 Å². The van der Waals surface area contributed by atoms with Gasteiger partial charge in [0.05, 0.1) is 6.54 Å². The Balaban J connectivity index is 2.96. The number of rotatable bonds is 6. The van der Waals surface area contributed by atoms with E-state index >= 15 is 0 Å². The number of carboxylic acid groups (broad SMARTS) is 1. The van der Waals surface area contributed by atoms with Crippen molar-refractivity contribution in [2.24, 2.45) is 0 Å².